The SMILES string of the molecule is Cc1c(-c2ccnn2-c2ccc(C#N)cc2)n(C(=O)NC2(c3ncc(CN(C)C)o3)CC2)c(=O)n1-c1cccc(CC(F)(F)F)c1. The van der Waals surface area contributed by atoms with Crippen molar-refractivity contribution in [2.75, 3.05) is 14.1 Å². The Morgan fingerprint density at radius 1 is 1.13 bits per heavy atom. The molecule has 0 unspecified atom stereocenters. The van der Waals surface area contributed by atoms with Crippen molar-refractivity contribution in [3.8, 4) is 28.8 Å². The summed E-state index contributed by atoms with van der Waals surface area (Å²) >= 11 is 0. The van der Waals surface area contributed by atoms with Gasteiger partial charge in [0.2, 0.25) is 5.89 Å². The van der Waals surface area contributed by atoms with Crippen molar-refractivity contribution in [1.82, 2.24) is 34.1 Å². The van der Waals surface area contributed by atoms with Gasteiger partial charge in [-0.05, 0) is 81.9 Å². The van der Waals surface area contributed by atoms with Crippen LogP contribution in [0.1, 0.15) is 41.3 Å². The first-order valence-corrected chi connectivity index (χ1v) is 14.4. The first kappa shape index (κ1) is 30.6. The molecule has 1 saturated carbocycles. The van der Waals surface area contributed by atoms with Crippen LogP contribution in [0.5, 0.6) is 0 Å². The Labute approximate surface area is 261 Å². The fourth-order valence-corrected chi connectivity index (χ4v) is 5.49. The molecule has 0 bridgehead atoms. The molecule has 14 heteroatoms. The molecule has 6 rings (SSSR count). The molecule has 2 aromatic carbocycles. The lowest BCUT2D eigenvalue weighted by Gasteiger charge is -2.16. The molecular weight excluding hydrogens is 601 g/mol. The number of amides is 1. The highest BCUT2D eigenvalue weighted by molar-refractivity contribution is 5.84. The Kier molecular flexibility index (Phi) is 7.65. The van der Waals surface area contributed by atoms with E-state index in [9.17, 15) is 28.0 Å². The average molecular weight is 631 g/mol. The summed E-state index contributed by atoms with van der Waals surface area (Å²) in [5, 5.41) is 16.6. The number of rotatable bonds is 8. The molecule has 11 nitrogen and oxygen atoms in total. The minimum atomic E-state index is -4.45. The van der Waals surface area contributed by atoms with Gasteiger partial charge in [-0.15, -0.1) is 0 Å². The molecule has 1 aliphatic carbocycles. The van der Waals surface area contributed by atoms with Gasteiger partial charge >= 0.3 is 17.9 Å². The number of aromatic nitrogens is 5. The van der Waals surface area contributed by atoms with Crippen LogP contribution in [-0.2, 0) is 18.5 Å². The zero-order valence-electron chi connectivity index (χ0n) is 25.2. The summed E-state index contributed by atoms with van der Waals surface area (Å²) < 4.78 is 49.4. The Balaban J connectivity index is 1.47. The number of benzene rings is 2. The van der Waals surface area contributed by atoms with Crippen LogP contribution in [-0.4, -0.2) is 55.1 Å². The maximum atomic E-state index is 14.2. The van der Waals surface area contributed by atoms with Crippen LogP contribution >= 0.6 is 0 Å². The van der Waals surface area contributed by atoms with Crippen molar-refractivity contribution in [1.29, 1.82) is 5.26 Å². The fourth-order valence-electron chi connectivity index (χ4n) is 5.49. The predicted molar refractivity (Wildman–Crippen MR) is 161 cm³/mol. The molecule has 3 heterocycles. The van der Waals surface area contributed by atoms with E-state index in [0.717, 1.165) is 4.57 Å². The minimum absolute atomic E-state index is 0.0352. The zero-order chi connectivity index (χ0) is 32.8. The highest BCUT2D eigenvalue weighted by atomic mass is 19.4. The van der Waals surface area contributed by atoms with Crippen molar-refractivity contribution in [2.45, 2.75) is 44.4 Å². The van der Waals surface area contributed by atoms with E-state index in [2.05, 4.69) is 21.5 Å². The average Bonchev–Trinajstić information content (AvgIpc) is 3.29. The Morgan fingerprint density at radius 2 is 1.87 bits per heavy atom. The highest BCUT2D eigenvalue weighted by Gasteiger charge is 2.51. The number of nitriles is 1. The molecule has 1 N–H and O–H groups in total. The molecule has 236 valence electrons. The summed E-state index contributed by atoms with van der Waals surface area (Å²) in [6.45, 7) is 2.12. The smallest absolute Gasteiger partial charge is 0.393 e. The lowest BCUT2D eigenvalue weighted by Crippen LogP contribution is -2.42. The van der Waals surface area contributed by atoms with E-state index in [1.165, 1.54) is 39.7 Å². The molecule has 5 aromatic rings. The van der Waals surface area contributed by atoms with E-state index in [4.69, 9.17) is 4.42 Å². The summed E-state index contributed by atoms with van der Waals surface area (Å²) in [4.78, 5) is 34.6. The summed E-state index contributed by atoms with van der Waals surface area (Å²) in [6.07, 6.45) is -1.46. The molecule has 0 atom stereocenters. The second-order valence-electron chi connectivity index (χ2n) is 11.5. The largest absolute Gasteiger partial charge is 0.442 e. The summed E-state index contributed by atoms with van der Waals surface area (Å²) in [6, 6.07) is 15.1. The normalized spacial score (nSPS) is 14.0. The number of hydrogen-bond acceptors (Lipinski definition) is 7. The van der Waals surface area contributed by atoms with Gasteiger partial charge in [-0.3, -0.25) is 4.57 Å². The third-order valence-corrected chi connectivity index (χ3v) is 7.72. The lowest BCUT2D eigenvalue weighted by molar-refractivity contribution is -0.127. The number of halogens is 3. The zero-order valence-corrected chi connectivity index (χ0v) is 25.2. The van der Waals surface area contributed by atoms with Gasteiger partial charge in [0.15, 0.2) is 0 Å². The van der Waals surface area contributed by atoms with Gasteiger partial charge in [0.25, 0.3) is 0 Å². The minimum Gasteiger partial charge on any atom is -0.442 e. The molecule has 1 fully saturated rings. The maximum Gasteiger partial charge on any atom is 0.393 e. The second kappa shape index (κ2) is 11.5. The molecule has 0 spiro atoms. The van der Waals surface area contributed by atoms with Crippen LogP contribution in [0, 0.1) is 18.3 Å². The van der Waals surface area contributed by atoms with Crippen LogP contribution < -0.4 is 11.0 Å². The Bertz CT molecular complexity index is 2020. The molecule has 1 amide bonds. The van der Waals surface area contributed by atoms with Gasteiger partial charge < -0.3 is 14.6 Å². The molecule has 1 aliphatic rings. The molecule has 46 heavy (non-hydrogen) atoms. The van der Waals surface area contributed by atoms with Gasteiger partial charge in [0.05, 0.1) is 59.8 Å². The van der Waals surface area contributed by atoms with Crippen LogP contribution in [0.3, 0.4) is 0 Å². The second-order valence-corrected chi connectivity index (χ2v) is 11.5. The summed E-state index contributed by atoms with van der Waals surface area (Å²) in [7, 11) is 3.78. The first-order chi connectivity index (χ1) is 21.9. The Morgan fingerprint density at radius 3 is 2.52 bits per heavy atom. The maximum absolute atomic E-state index is 14.2. The van der Waals surface area contributed by atoms with Gasteiger partial charge in [-0.25, -0.2) is 23.8 Å². The van der Waals surface area contributed by atoms with Gasteiger partial charge in [0.1, 0.15) is 17.0 Å². The van der Waals surface area contributed by atoms with Crippen LogP contribution in [0.4, 0.5) is 18.0 Å². The van der Waals surface area contributed by atoms with Crippen LogP contribution in [0.25, 0.3) is 22.8 Å². The number of oxazole rings is 1. The predicted octanol–water partition coefficient (Wildman–Crippen LogP) is 5.07. The van der Waals surface area contributed by atoms with Crippen LogP contribution in [0.15, 0.2) is 76.2 Å². The fraction of sp³-hybridized carbons (Fsp3) is 0.281. The Hall–Kier alpha value is -5.42. The summed E-state index contributed by atoms with van der Waals surface area (Å²) in [5.74, 6) is 0.941. The number of carbonyl (C=O) groups excluding carboxylic acids is 1. The molecule has 3 aromatic heterocycles. The number of imidazole rings is 1. The first-order valence-electron chi connectivity index (χ1n) is 14.4. The standard InChI is InChI=1S/C32H29F3N8O3/c1-20-27(26-11-14-38-43(26)23-9-7-21(17-36)8-10-23)42(30(45)41(20)24-6-4-5-22(15-24)16-32(33,34)35)29(44)39-31(12-13-31)28-37-18-25(46-28)19-40(2)3/h4-11,14-15,18H,12-13,16,19H2,1-3H3,(H,39,44). The number of carbonyl (C=O) groups is 1. The van der Waals surface area contributed by atoms with Crippen molar-refractivity contribution >= 4 is 6.03 Å². The van der Waals surface area contributed by atoms with Gasteiger partial charge in [-0.2, -0.15) is 23.5 Å². The number of nitrogens with one attached hydrogen (secondary N) is 1. The van der Waals surface area contributed by atoms with E-state index in [-0.39, 0.29) is 16.9 Å². The van der Waals surface area contributed by atoms with E-state index >= 15 is 0 Å². The number of hydrogen-bond donors (Lipinski definition) is 1. The quantitative estimate of drug-likeness (QED) is 0.254. The topological polar surface area (TPSA) is 127 Å². The van der Waals surface area contributed by atoms with E-state index < -0.39 is 29.9 Å². The molecule has 0 radical (unpaired) electrons. The van der Waals surface area contributed by atoms with E-state index in [0.29, 0.717) is 53.7 Å². The van der Waals surface area contributed by atoms with E-state index in [1.54, 1.807) is 43.5 Å². The van der Waals surface area contributed by atoms with Crippen molar-refractivity contribution < 1.29 is 22.4 Å². The van der Waals surface area contributed by atoms with Crippen molar-refractivity contribution in [3.63, 3.8) is 0 Å². The van der Waals surface area contributed by atoms with Crippen molar-refractivity contribution in [2.24, 2.45) is 0 Å². The van der Waals surface area contributed by atoms with E-state index in [1.807, 2.05) is 19.0 Å². The van der Waals surface area contributed by atoms with Crippen LogP contribution in [0.2, 0.25) is 0 Å². The van der Waals surface area contributed by atoms with Gasteiger partial charge in [-0.1, -0.05) is 12.1 Å². The third-order valence-electron chi connectivity index (χ3n) is 7.72. The lowest BCUT2D eigenvalue weighted by atomic mass is 10.1. The summed E-state index contributed by atoms with van der Waals surface area (Å²) in [5.41, 5.74) is 0.280. The monoisotopic (exact) mass is 630 g/mol. The third kappa shape index (κ3) is 5.84. The van der Waals surface area contributed by atoms with Crippen molar-refractivity contribution in [3.05, 3.63) is 106 Å². The molecule has 0 aliphatic heterocycles. The molecule has 0 saturated heterocycles. The highest BCUT2D eigenvalue weighted by Crippen LogP contribution is 2.45. The number of alkyl halides is 3. The molecular formula is C32H29F3N8O3. The number of nitrogens with zero attached hydrogens (tertiary/aromatic N) is 7. The van der Waals surface area contributed by atoms with Gasteiger partial charge in [0, 0.05) is 0 Å².